The van der Waals surface area contributed by atoms with E-state index in [1.54, 1.807) is 30.3 Å². The van der Waals surface area contributed by atoms with Crippen LogP contribution in [0, 0.1) is 0 Å². The van der Waals surface area contributed by atoms with Crippen LogP contribution in [0.15, 0.2) is 71.8 Å². The molecule has 0 unspecified atom stereocenters. The topological polar surface area (TPSA) is 92.7 Å². The molecule has 8 nitrogen and oxygen atoms in total. The maximum Gasteiger partial charge on any atom is 0.260 e. The van der Waals surface area contributed by atoms with Gasteiger partial charge in [-0.25, -0.2) is 13.4 Å². The summed E-state index contributed by atoms with van der Waals surface area (Å²) in [6.45, 7) is 2.71. The minimum Gasteiger partial charge on any atom is -0.494 e. The quantitative estimate of drug-likeness (QED) is 0.252. The fraction of sp³-hybridized carbons (Fsp3) is 0.345. The van der Waals surface area contributed by atoms with Gasteiger partial charge in [-0.15, -0.1) is 0 Å². The van der Waals surface area contributed by atoms with Gasteiger partial charge in [-0.2, -0.15) is 4.31 Å². The van der Waals surface area contributed by atoms with Gasteiger partial charge in [0.15, 0.2) is 5.13 Å². The lowest BCUT2D eigenvalue weighted by atomic mass is 9.96. The van der Waals surface area contributed by atoms with Crippen LogP contribution in [0.25, 0.3) is 10.2 Å². The first-order chi connectivity index (χ1) is 18.9. The summed E-state index contributed by atoms with van der Waals surface area (Å²) < 4.78 is 34.6. The minimum atomic E-state index is -3.65. The Morgan fingerprint density at radius 2 is 1.82 bits per heavy atom. The Balaban J connectivity index is 1.44. The summed E-state index contributed by atoms with van der Waals surface area (Å²) in [6.07, 6.45) is 6.68. The van der Waals surface area contributed by atoms with Crippen molar-refractivity contribution < 1.29 is 17.9 Å². The Hall–Kier alpha value is -3.34. The van der Waals surface area contributed by atoms with E-state index in [4.69, 9.17) is 9.72 Å². The van der Waals surface area contributed by atoms with Crippen molar-refractivity contribution in [2.75, 3.05) is 18.6 Å². The molecule has 1 amide bonds. The van der Waals surface area contributed by atoms with E-state index < -0.39 is 10.0 Å². The van der Waals surface area contributed by atoms with Crippen molar-refractivity contribution in [3.63, 3.8) is 0 Å². The predicted molar refractivity (Wildman–Crippen MR) is 154 cm³/mol. The number of pyridine rings is 1. The van der Waals surface area contributed by atoms with Crippen molar-refractivity contribution in [2.45, 2.75) is 56.5 Å². The first-order valence-electron chi connectivity index (χ1n) is 13.2. The van der Waals surface area contributed by atoms with Crippen LogP contribution in [0.2, 0.25) is 0 Å². The number of fused-ring (bicyclic) bond motifs is 1. The van der Waals surface area contributed by atoms with Crippen LogP contribution in [-0.2, 0) is 16.6 Å². The Bertz CT molecular complexity index is 1530. The second kappa shape index (κ2) is 11.8. The summed E-state index contributed by atoms with van der Waals surface area (Å²) in [6, 6.07) is 17.4. The van der Waals surface area contributed by atoms with Crippen LogP contribution >= 0.6 is 11.3 Å². The molecule has 1 aliphatic carbocycles. The van der Waals surface area contributed by atoms with Gasteiger partial charge in [-0.1, -0.05) is 36.7 Å². The number of hydrogen-bond acceptors (Lipinski definition) is 7. The zero-order chi connectivity index (χ0) is 27.4. The Morgan fingerprint density at radius 3 is 2.51 bits per heavy atom. The molecule has 2 aromatic heterocycles. The highest BCUT2D eigenvalue weighted by Gasteiger charge is 2.29. The van der Waals surface area contributed by atoms with E-state index >= 15 is 0 Å². The molecule has 1 aliphatic rings. The SMILES string of the molecule is CCOc1ccc2nc(N(Cc3ccccn3)C(=O)c3ccc(S(=O)(=O)N(C)C4CCCCC4)cc3)sc2c1. The Morgan fingerprint density at radius 1 is 1.05 bits per heavy atom. The number of anilines is 1. The van der Waals surface area contributed by atoms with Gasteiger partial charge in [0.05, 0.1) is 34.0 Å². The summed E-state index contributed by atoms with van der Waals surface area (Å²) in [5.41, 5.74) is 1.86. The maximum absolute atomic E-state index is 13.8. The van der Waals surface area contributed by atoms with Gasteiger partial charge in [-0.3, -0.25) is 14.7 Å². The lowest BCUT2D eigenvalue weighted by Crippen LogP contribution is -2.38. The van der Waals surface area contributed by atoms with Gasteiger partial charge in [0.2, 0.25) is 10.0 Å². The van der Waals surface area contributed by atoms with E-state index in [9.17, 15) is 13.2 Å². The van der Waals surface area contributed by atoms with E-state index in [2.05, 4.69) is 4.98 Å². The third-order valence-corrected chi connectivity index (χ3v) is 10.0. The Kier molecular flexibility index (Phi) is 8.25. The van der Waals surface area contributed by atoms with Crippen LogP contribution in [0.5, 0.6) is 5.75 Å². The highest BCUT2D eigenvalue weighted by Crippen LogP contribution is 2.33. The molecule has 0 aliphatic heterocycles. The standard InChI is InChI=1S/C29H32N4O4S2/c1-3-37-24-14-17-26-27(19-24)38-29(31-26)33(20-22-9-7-8-18-30-22)28(34)21-12-15-25(16-13-21)39(35,36)32(2)23-10-5-4-6-11-23/h7-9,12-19,23H,3-6,10-11,20H2,1-2H3. The highest BCUT2D eigenvalue weighted by atomic mass is 32.2. The maximum atomic E-state index is 13.8. The lowest BCUT2D eigenvalue weighted by Gasteiger charge is -2.30. The number of thiazole rings is 1. The summed E-state index contributed by atoms with van der Waals surface area (Å²) in [4.78, 5) is 24.7. The molecule has 0 atom stereocenters. The van der Waals surface area contributed by atoms with E-state index in [-0.39, 0.29) is 23.4 Å². The number of carbonyl (C=O) groups excluding carboxylic acids is 1. The third kappa shape index (κ3) is 5.98. The highest BCUT2D eigenvalue weighted by molar-refractivity contribution is 7.89. The molecule has 204 valence electrons. The molecule has 2 heterocycles. The third-order valence-electron chi connectivity index (χ3n) is 7.05. The fourth-order valence-electron chi connectivity index (χ4n) is 4.88. The second-order valence-electron chi connectivity index (χ2n) is 9.61. The second-order valence-corrected chi connectivity index (χ2v) is 12.6. The van der Waals surface area contributed by atoms with Gasteiger partial charge >= 0.3 is 0 Å². The number of benzene rings is 2. The molecule has 0 radical (unpaired) electrons. The van der Waals surface area contributed by atoms with E-state index in [1.165, 1.54) is 27.8 Å². The summed E-state index contributed by atoms with van der Waals surface area (Å²) in [5.74, 6) is 0.465. The van der Waals surface area contributed by atoms with E-state index in [1.807, 2.05) is 43.3 Å². The number of rotatable bonds is 9. The van der Waals surface area contributed by atoms with Crippen molar-refractivity contribution in [1.82, 2.24) is 14.3 Å². The fourth-order valence-corrected chi connectivity index (χ4v) is 7.28. The van der Waals surface area contributed by atoms with Crippen LogP contribution in [0.4, 0.5) is 5.13 Å². The first kappa shape index (κ1) is 27.2. The van der Waals surface area contributed by atoms with Gasteiger partial charge in [-0.05, 0) is 74.4 Å². The van der Waals surface area contributed by atoms with Crippen molar-refractivity contribution in [2.24, 2.45) is 0 Å². The number of sulfonamides is 1. The Labute approximate surface area is 233 Å². The molecular formula is C29H32N4O4S2. The number of carbonyl (C=O) groups is 1. The zero-order valence-corrected chi connectivity index (χ0v) is 23.7. The van der Waals surface area contributed by atoms with Crippen LogP contribution in [-0.4, -0.2) is 48.3 Å². The summed E-state index contributed by atoms with van der Waals surface area (Å²) in [5, 5.41) is 0.531. The molecular weight excluding hydrogens is 532 g/mol. The summed E-state index contributed by atoms with van der Waals surface area (Å²) >= 11 is 1.40. The van der Waals surface area contributed by atoms with Crippen LogP contribution in [0.3, 0.4) is 0 Å². The smallest absolute Gasteiger partial charge is 0.260 e. The molecule has 39 heavy (non-hydrogen) atoms. The predicted octanol–water partition coefficient (Wildman–Crippen LogP) is 5.89. The summed E-state index contributed by atoms with van der Waals surface area (Å²) in [7, 11) is -2.00. The van der Waals surface area contributed by atoms with Gasteiger partial charge < -0.3 is 4.74 Å². The average molecular weight is 565 g/mol. The molecule has 4 aromatic rings. The molecule has 0 spiro atoms. The number of ether oxygens (including phenoxy) is 1. The molecule has 5 rings (SSSR count). The normalized spacial score (nSPS) is 14.5. The first-order valence-corrected chi connectivity index (χ1v) is 15.5. The number of nitrogens with zero attached hydrogens (tertiary/aromatic N) is 4. The molecule has 10 heteroatoms. The molecule has 0 bridgehead atoms. The van der Waals surface area contributed by atoms with Crippen molar-refractivity contribution >= 4 is 42.6 Å². The van der Waals surface area contributed by atoms with Crippen LogP contribution in [0.1, 0.15) is 55.1 Å². The molecule has 1 saturated carbocycles. The monoisotopic (exact) mass is 564 g/mol. The zero-order valence-electron chi connectivity index (χ0n) is 22.1. The minimum absolute atomic E-state index is 0.0150. The average Bonchev–Trinajstić information content (AvgIpc) is 3.39. The van der Waals surface area contributed by atoms with Crippen LogP contribution < -0.4 is 9.64 Å². The van der Waals surface area contributed by atoms with Gasteiger partial charge in [0.1, 0.15) is 5.75 Å². The molecule has 0 saturated heterocycles. The van der Waals surface area contributed by atoms with Gasteiger partial charge in [0.25, 0.3) is 5.91 Å². The van der Waals surface area contributed by atoms with E-state index in [0.717, 1.165) is 48.1 Å². The van der Waals surface area contributed by atoms with E-state index in [0.29, 0.717) is 23.0 Å². The number of hydrogen-bond donors (Lipinski definition) is 0. The van der Waals surface area contributed by atoms with Crippen molar-refractivity contribution in [3.8, 4) is 5.75 Å². The molecule has 1 fully saturated rings. The van der Waals surface area contributed by atoms with Crippen molar-refractivity contribution in [1.29, 1.82) is 0 Å². The number of aromatic nitrogens is 2. The largest absolute Gasteiger partial charge is 0.494 e. The number of amides is 1. The van der Waals surface area contributed by atoms with Crippen molar-refractivity contribution in [3.05, 3.63) is 78.1 Å². The molecule has 2 aromatic carbocycles. The lowest BCUT2D eigenvalue weighted by molar-refractivity contribution is 0.0984. The molecule has 0 N–H and O–H groups in total. The van der Waals surface area contributed by atoms with Gasteiger partial charge in [0, 0.05) is 24.8 Å².